The summed E-state index contributed by atoms with van der Waals surface area (Å²) >= 11 is 0. The molecular weight excluding hydrogens is 272 g/mol. The van der Waals surface area contributed by atoms with Gasteiger partial charge < -0.3 is 10.6 Å². The van der Waals surface area contributed by atoms with Gasteiger partial charge in [0.1, 0.15) is 0 Å². The van der Waals surface area contributed by atoms with Gasteiger partial charge in [0.2, 0.25) is 5.91 Å². The highest BCUT2D eigenvalue weighted by molar-refractivity contribution is 5.93. The van der Waals surface area contributed by atoms with Gasteiger partial charge in [0.15, 0.2) is 0 Å². The number of anilines is 1. The molecule has 22 heavy (non-hydrogen) atoms. The van der Waals surface area contributed by atoms with E-state index >= 15 is 0 Å². The number of hydrogen-bond donors (Lipinski definition) is 2. The molecule has 2 N–H and O–H groups in total. The maximum atomic E-state index is 12.3. The molecule has 0 radical (unpaired) electrons. The maximum Gasteiger partial charge on any atom is 0.228 e. The molecule has 2 aromatic rings. The first-order chi connectivity index (χ1) is 10.6. The summed E-state index contributed by atoms with van der Waals surface area (Å²) in [6, 6.07) is 14.2. The van der Waals surface area contributed by atoms with Crippen molar-refractivity contribution in [1.82, 2.24) is 5.32 Å². The van der Waals surface area contributed by atoms with Crippen molar-refractivity contribution in [1.29, 1.82) is 0 Å². The smallest absolute Gasteiger partial charge is 0.228 e. The topological polar surface area (TPSA) is 41.1 Å². The number of para-hydroxylation sites is 1. The van der Waals surface area contributed by atoms with Crippen LogP contribution in [0.1, 0.15) is 29.2 Å². The van der Waals surface area contributed by atoms with Gasteiger partial charge in [-0.2, -0.15) is 0 Å². The van der Waals surface area contributed by atoms with Crippen molar-refractivity contribution in [2.45, 2.75) is 33.7 Å². The number of aryl methyl sites for hydroxylation is 2. The Bertz CT molecular complexity index is 650. The summed E-state index contributed by atoms with van der Waals surface area (Å²) in [6.45, 7) is 7.83. The fourth-order valence-electron chi connectivity index (χ4n) is 2.41. The first-order valence-electron chi connectivity index (χ1n) is 7.74. The summed E-state index contributed by atoms with van der Waals surface area (Å²) in [7, 11) is 0. The minimum absolute atomic E-state index is 0.0256. The standard InChI is InChI=1S/C19H24N2O/c1-4-20-13-16-7-5-6-8-18(16)21-19(22)12-17-11-14(2)9-10-15(17)3/h5-11,20H,4,12-13H2,1-3H3,(H,21,22). The van der Waals surface area contributed by atoms with Crippen molar-refractivity contribution in [3.8, 4) is 0 Å². The quantitative estimate of drug-likeness (QED) is 0.855. The molecule has 0 saturated carbocycles. The van der Waals surface area contributed by atoms with Crippen molar-refractivity contribution < 1.29 is 4.79 Å². The van der Waals surface area contributed by atoms with Crippen molar-refractivity contribution in [2.75, 3.05) is 11.9 Å². The van der Waals surface area contributed by atoms with Gasteiger partial charge in [0, 0.05) is 12.2 Å². The van der Waals surface area contributed by atoms with Crippen LogP contribution in [0.4, 0.5) is 5.69 Å². The molecule has 0 unspecified atom stereocenters. The molecular formula is C19H24N2O. The Morgan fingerprint density at radius 1 is 1.05 bits per heavy atom. The second-order valence-corrected chi connectivity index (χ2v) is 5.59. The number of amides is 1. The Labute approximate surface area is 132 Å². The van der Waals surface area contributed by atoms with Crippen LogP contribution in [-0.4, -0.2) is 12.5 Å². The van der Waals surface area contributed by atoms with Crippen molar-refractivity contribution in [3.63, 3.8) is 0 Å². The van der Waals surface area contributed by atoms with Gasteiger partial charge in [-0.1, -0.05) is 48.9 Å². The van der Waals surface area contributed by atoms with E-state index in [0.717, 1.165) is 35.5 Å². The number of carbonyl (C=O) groups excluding carboxylic acids is 1. The highest BCUT2D eigenvalue weighted by atomic mass is 16.1. The normalized spacial score (nSPS) is 10.5. The van der Waals surface area contributed by atoms with E-state index in [2.05, 4.69) is 35.8 Å². The van der Waals surface area contributed by atoms with Gasteiger partial charge >= 0.3 is 0 Å². The summed E-state index contributed by atoms with van der Waals surface area (Å²) in [5, 5.41) is 6.33. The van der Waals surface area contributed by atoms with Gasteiger partial charge in [-0.15, -0.1) is 0 Å². The van der Waals surface area contributed by atoms with E-state index in [0.29, 0.717) is 6.42 Å². The number of carbonyl (C=O) groups is 1. The van der Waals surface area contributed by atoms with Gasteiger partial charge in [0.05, 0.1) is 6.42 Å². The highest BCUT2D eigenvalue weighted by Crippen LogP contribution is 2.16. The lowest BCUT2D eigenvalue weighted by molar-refractivity contribution is -0.115. The van der Waals surface area contributed by atoms with E-state index in [9.17, 15) is 4.79 Å². The first kappa shape index (κ1) is 16.2. The van der Waals surface area contributed by atoms with Crippen LogP contribution in [0.3, 0.4) is 0 Å². The maximum absolute atomic E-state index is 12.3. The molecule has 0 aliphatic rings. The summed E-state index contributed by atoms with van der Waals surface area (Å²) in [5.41, 5.74) is 5.42. The Balaban J connectivity index is 2.07. The molecule has 2 rings (SSSR count). The highest BCUT2D eigenvalue weighted by Gasteiger charge is 2.09. The van der Waals surface area contributed by atoms with Crippen LogP contribution in [0.2, 0.25) is 0 Å². The van der Waals surface area contributed by atoms with E-state index in [4.69, 9.17) is 0 Å². The SMILES string of the molecule is CCNCc1ccccc1NC(=O)Cc1cc(C)ccc1C. The van der Waals surface area contributed by atoms with Crippen LogP contribution < -0.4 is 10.6 Å². The zero-order chi connectivity index (χ0) is 15.9. The average Bonchev–Trinajstić information content (AvgIpc) is 2.50. The lowest BCUT2D eigenvalue weighted by atomic mass is 10.0. The molecule has 0 fully saturated rings. The first-order valence-corrected chi connectivity index (χ1v) is 7.74. The van der Waals surface area contributed by atoms with Crippen LogP contribution in [0.15, 0.2) is 42.5 Å². The Hall–Kier alpha value is -2.13. The number of benzene rings is 2. The zero-order valence-electron chi connectivity index (χ0n) is 13.6. The second kappa shape index (κ2) is 7.76. The van der Waals surface area contributed by atoms with Crippen LogP contribution >= 0.6 is 0 Å². The van der Waals surface area contributed by atoms with Crippen LogP contribution in [0.5, 0.6) is 0 Å². The van der Waals surface area contributed by atoms with Gasteiger partial charge in [-0.25, -0.2) is 0 Å². The average molecular weight is 296 g/mol. The number of rotatable bonds is 6. The van der Waals surface area contributed by atoms with Crippen molar-refractivity contribution in [2.24, 2.45) is 0 Å². The molecule has 3 heteroatoms. The molecule has 3 nitrogen and oxygen atoms in total. The predicted octanol–water partition coefficient (Wildman–Crippen LogP) is 3.59. The molecule has 0 heterocycles. The molecule has 0 bridgehead atoms. The summed E-state index contributed by atoms with van der Waals surface area (Å²) < 4.78 is 0. The van der Waals surface area contributed by atoms with E-state index in [-0.39, 0.29) is 5.91 Å². The summed E-state index contributed by atoms with van der Waals surface area (Å²) in [5.74, 6) is 0.0256. The van der Waals surface area contributed by atoms with Crippen molar-refractivity contribution >= 4 is 11.6 Å². The Morgan fingerprint density at radius 2 is 1.82 bits per heavy atom. The molecule has 116 valence electrons. The summed E-state index contributed by atoms with van der Waals surface area (Å²) in [4.78, 5) is 12.3. The third-order valence-corrected chi connectivity index (χ3v) is 3.71. The molecule has 2 aromatic carbocycles. The molecule has 0 aliphatic heterocycles. The van der Waals surface area contributed by atoms with Gasteiger partial charge in [0.25, 0.3) is 0 Å². The predicted molar refractivity (Wildman–Crippen MR) is 92.1 cm³/mol. The van der Waals surface area contributed by atoms with Crippen molar-refractivity contribution in [3.05, 3.63) is 64.7 Å². The minimum Gasteiger partial charge on any atom is -0.325 e. The minimum atomic E-state index is 0.0256. The van der Waals surface area contributed by atoms with Gasteiger partial charge in [-0.05, 0) is 43.1 Å². The summed E-state index contributed by atoms with van der Waals surface area (Å²) in [6.07, 6.45) is 0.406. The van der Waals surface area contributed by atoms with E-state index in [1.165, 1.54) is 5.56 Å². The Kier molecular flexibility index (Phi) is 5.73. The van der Waals surface area contributed by atoms with E-state index < -0.39 is 0 Å². The third-order valence-electron chi connectivity index (χ3n) is 3.71. The third kappa shape index (κ3) is 4.43. The molecule has 1 amide bonds. The fourth-order valence-corrected chi connectivity index (χ4v) is 2.41. The molecule has 0 aliphatic carbocycles. The zero-order valence-corrected chi connectivity index (χ0v) is 13.6. The number of hydrogen-bond acceptors (Lipinski definition) is 2. The van der Waals surface area contributed by atoms with Crippen LogP contribution in [-0.2, 0) is 17.8 Å². The lowest BCUT2D eigenvalue weighted by Gasteiger charge is -2.12. The second-order valence-electron chi connectivity index (χ2n) is 5.59. The molecule has 0 spiro atoms. The van der Waals surface area contributed by atoms with E-state index in [1.54, 1.807) is 0 Å². The van der Waals surface area contributed by atoms with Gasteiger partial charge in [-0.3, -0.25) is 4.79 Å². The van der Waals surface area contributed by atoms with Crippen LogP contribution in [0.25, 0.3) is 0 Å². The largest absolute Gasteiger partial charge is 0.325 e. The molecule has 0 saturated heterocycles. The van der Waals surface area contributed by atoms with E-state index in [1.807, 2.05) is 38.1 Å². The molecule has 0 atom stereocenters. The van der Waals surface area contributed by atoms with Crippen LogP contribution in [0, 0.1) is 13.8 Å². The lowest BCUT2D eigenvalue weighted by Crippen LogP contribution is -2.18. The number of nitrogens with one attached hydrogen (secondary N) is 2. The fraction of sp³-hybridized carbons (Fsp3) is 0.316. The Morgan fingerprint density at radius 3 is 2.59 bits per heavy atom. The molecule has 0 aromatic heterocycles. The monoisotopic (exact) mass is 296 g/mol.